The van der Waals surface area contributed by atoms with Crippen LogP contribution in [0.25, 0.3) is 0 Å². The van der Waals surface area contributed by atoms with Crippen molar-refractivity contribution in [2.45, 2.75) is 63.6 Å². The Bertz CT molecular complexity index is 221. The molecule has 0 aromatic carbocycles. The van der Waals surface area contributed by atoms with Gasteiger partial charge in [0, 0.05) is 0 Å². The van der Waals surface area contributed by atoms with E-state index in [1.807, 2.05) is 0 Å². The summed E-state index contributed by atoms with van der Waals surface area (Å²) in [6, 6.07) is 0. The van der Waals surface area contributed by atoms with Gasteiger partial charge in [0.25, 0.3) is 0 Å². The first kappa shape index (κ1) is 10.9. The lowest BCUT2D eigenvalue weighted by Gasteiger charge is -2.25. The summed E-state index contributed by atoms with van der Waals surface area (Å²) in [6.45, 7) is 0. The number of rotatable bonds is 3. The molecule has 3 nitrogen and oxygen atoms in total. The Morgan fingerprint density at radius 1 is 1.00 bits per heavy atom. The fraction of sp³-hybridized carbons (Fsp3) is 0.917. The highest BCUT2D eigenvalue weighted by Gasteiger charge is 2.31. The molecule has 0 heterocycles. The van der Waals surface area contributed by atoms with Crippen LogP contribution in [0.15, 0.2) is 0 Å². The van der Waals surface area contributed by atoms with E-state index in [0.717, 1.165) is 19.3 Å². The van der Waals surface area contributed by atoms with Gasteiger partial charge in [-0.05, 0) is 32.1 Å². The molecule has 2 atom stereocenters. The first-order chi connectivity index (χ1) is 7.25. The van der Waals surface area contributed by atoms with Crippen molar-refractivity contribution < 1.29 is 14.6 Å². The molecule has 0 aliphatic heterocycles. The highest BCUT2D eigenvalue weighted by Crippen LogP contribution is 2.31. The van der Waals surface area contributed by atoms with Crippen molar-refractivity contribution >= 4 is 5.97 Å². The van der Waals surface area contributed by atoms with Gasteiger partial charge in [0.05, 0.1) is 18.1 Å². The van der Waals surface area contributed by atoms with Crippen LogP contribution in [0.1, 0.15) is 51.4 Å². The zero-order valence-corrected chi connectivity index (χ0v) is 9.15. The zero-order chi connectivity index (χ0) is 10.7. The first-order valence-electron chi connectivity index (χ1n) is 6.14. The summed E-state index contributed by atoms with van der Waals surface area (Å²) in [5, 5.41) is 8.88. The topological polar surface area (TPSA) is 46.5 Å². The summed E-state index contributed by atoms with van der Waals surface area (Å²) < 4.78 is 5.97. The number of hydrogen-bond acceptors (Lipinski definition) is 2. The Hall–Kier alpha value is -0.570. The predicted octanol–water partition coefficient (Wildman–Crippen LogP) is 2.59. The third kappa shape index (κ3) is 2.94. The van der Waals surface area contributed by atoms with E-state index in [2.05, 4.69) is 0 Å². The molecule has 0 radical (unpaired) electrons. The number of carboxylic acid groups (broad SMARTS) is 1. The molecule has 2 unspecified atom stereocenters. The van der Waals surface area contributed by atoms with Crippen molar-refractivity contribution in [2.24, 2.45) is 5.92 Å². The molecule has 2 aliphatic rings. The molecule has 0 amide bonds. The molecule has 86 valence electrons. The third-order valence-electron chi connectivity index (χ3n) is 3.67. The van der Waals surface area contributed by atoms with Crippen molar-refractivity contribution in [3.8, 4) is 0 Å². The normalized spacial score (nSPS) is 33.1. The Balaban J connectivity index is 1.74. The minimum Gasteiger partial charge on any atom is -0.481 e. The Labute approximate surface area is 90.8 Å². The van der Waals surface area contributed by atoms with Gasteiger partial charge in [-0.3, -0.25) is 4.79 Å². The van der Waals surface area contributed by atoms with Gasteiger partial charge in [-0.1, -0.05) is 19.3 Å². The molecule has 3 heteroatoms. The molecule has 2 fully saturated rings. The molecule has 15 heavy (non-hydrogen) atoms. The summed E-state index contributed by atoms with van der Waals surface area (Å²) in [5.41, 5.74) is 0. The molecular weight excluding hydrogens is 192 g/mol. The minimum atomic E-state index is -0.648. The summed E-state index contributed by atoms with van der Waals surface area (Å²) in [5.74, 6) is -0.802. The van der Waals surface area contributed by atoms with E-state index in [-0.39, 0.29) is 12.0 Å². The molecular formula is C12H20O3. The van der Waals surface area contributed by atoms with Crippen LogP contribution >= 0.6 is 0 Å². The van der Waals surface area contributed by atoms with Crippen molar-refractivity contribution in [2.75, 3.05) is 0 Å². The average Bonchev–Trinajstić information content (AvgIpc) is 2.68. The lowest BCUT2D eigenvalue weighted by Crippen LogP contribution is -2.23. The second kappa shape index (κ2) is 4.97. The molecule has 0 bridgehead atoms. The van der Waals surface area contributed by atoms with Gasteiger partial charge in [-0.25, -0.2) is 0 Å². The van der Waals surface area contributed by atoms with E-state index >= 15 is 0 Å². The fourth-order valence-corrected chi connectivity index (χ4v) is 2.76. The van der Waals surface area contributed by atoms with Crippen LogP contribution < -0.4 is 0 Å². The first-order valence-corrected chi connectivity index (χ1v) is 6.14. The Kier molecular flexibility index (Phi) is 3.62. The van der Waals surface area contributed by atoms with Crippen LogP contribution in [0.2, 0.25) is 0 Å². The summed E-state index contributed by atoms with van der Waals surface area (Å²) in [7, 11) is 0. The van der Waals surface area contributed by atoms with Crippen LogP contribution in [0, 0.1) is 5.92 Å². The SMILES string of the molecule is O=C(O)C1CCC(OC2CCCCC2)C1. The van der Waals surface area contributed by atoms with E-state index in [4.69, 9.17) is 9.84 Å². The maximum Gasteiger partial charge on any atom is 0.306 e. The summed E-state index contributed by atoms with van der Waals surface area (Å²) >= 11 is 0. The quantitative estimate of drug-likeness (QED) is 0.782. The molecule has 1 N–H and O–H groups in total. The highest BCUT2D eigenvalue weighted by molar-refractivity contribution is 5.70. The van der Waals surface area contributed by atoms with E-state index in [0.29, 0.717) is 6.10 Å². The third-order valence-corrected chi connectivity index (χ3v) is 3.67. The number of carbonyl (C=O) groups is 1. The summed E-state index contributed by atoms with van der Waals surface area (Å²) in [4.78, 5) is 10.8. The number of hydrogen-bond donors (Lipinski definition) is 1. The second-order valence-electron chi connectivity index (χ2n) is 4.87. The molecule has 2 aliphatic carbocycles. The summed E-state index contributed by atoms with van der Waals surface area (Å²) in [6.07, 6.45) is 9.33. The molecule has 0 aromatic heterocycles. The largest absolute Gasteiger partial charge is 0.481 e. The molecule has 0 saturated heterocycles. The lowest BCUT2D eigenvalue weighted by molar-refractivity contribution is -0.142. The van der Waals surface area contributed by atoms with Gasteiger partial charge < -0.3 is 9.84 Å². The van der Waals surface area contributed by atoms with Gasteiger partial charge in [-0.2, -0.15) is 0 Å². The van der Waals surface area contributed by atoms with Crippen molar-refractivity contribution in [1.29, 1.82) is 0 Å². The van der Waals surface area contributed by atoms with Gasteiger partial charge in [-0.15, -0.1) is 0 Å². The van der Waals surface area contributed by atoms with Crippen LogP contribution in [-0.2, 0) is 9.53 Å². The smallest absolute Gasteiger partial charge is 0.306 e. The van der Waals surface area contributed by atoms with Crippen molar-refractivity contribution in [1.82, 2.24) is 0 Å². The predicted molar refractivity (Wildman–Crippen MR) is 56.7 cm³/mol. The Morgan fingerprint density at radius 2 is 1.73 bits per heavy atom. The van der Waals surface area contributed by atoms with E-state index in [1.165, 1.54) is 32.1 Å². The van der Waals surface area contributed by atoms with E-state index in [9.17, 15) is 4.79 Å². The molecule has 2 rings (SSSR count). The maximum absolute atomic E-state index is 10.8. The van der Waals surface area contributed by atoms with Crippen molar-refractivity contribution in [3.05, 3.63) is 0 Å². The number of carboxylic acids is 1. The van der Waals surface area contributed by atoms with E-state index < -0.39 is 5.97 Å². The lowest BCUT2D eigenvalue weighted by atomic mass is 9.97. The highest BCUT2D eigenvalue weighted by atomic mass is 16.5. The monoisotopic (exact) mass is 212 g/mol. The standard InChI is InChI=1S/C12H20O3/c13-12(14)9-6-7-11(8-9)15-10-4-2-1-3-5-10/h9-11H,1-8H2,(H,13,14). The fourth-order valence-electron chi connectivity index (χ4n) is 2.76. The van der Waals surface area contributed by atoms with Gasteiger partial charge in [0.15, 0.2) is 0 Å². The van der Waals surface area contributed by atoms with Gasteiger partial charge >= 0.3 is 5.97 Å². The number of ether oxygens (including phenoxy) is 1. The van der Waals surface area contributed by atoms with Crippen molar-refractivity contribution in [3.63, 3.8) is 0 Å². The zero-order valence-electron chi connectivity index (χ0n) is 9.15. The van der Waals surface area contributed by atoms with Gasteiger partial charge in [0.1, 0.15) is 0 Å². The molecule has 2 saturated carbocycles. The second-order valence-corrected chi connectivity index (χ2v) is 4.87. The molecule has 0 spiro atoms. The van der Waals surface area contributed by atoms with E-state index in [1.54, 1.807) is 0 Å². The molecule has 0 aromatic rings. The van der Waals surface area contributed by atoms with Crippen LogP contribution in [0.3, 0.4) is 0 Å². The maximum atomic E-state index is 10.8. The average molecular weight is 212 g/mol. The number of aliphatic carboxylic acids is 1. The van der Waals surface area contributed by atoms with Gasteiger partial charge in [0.2, 0.25) is 0 Å². The Morgan fingerprint density at radius 3 is 2.33 bits per heavy atom. The minimum absolute atomic E-state index is 0.154. The van der Waals surface area contributed by atoms with Crippen LogP contribution in [-0.4, -0.2) is 23.3 Å². The van der Waals surface area contributed by atoms with Crippen LogP contribution in [0.4, 0.5) is 0 Å². The van der Waals surface area contributed by atoms with Crippen LogP contribution in [0.5, 0.6) is 0 Å².